The first-order valence-electron chi connectivity index (χ1n) is 5.81. The molecule has 1 saturated carbocycles. The summed E-state index contributed by atoms with van der Waals surface area (Å²) >= 11 is 5.98. The Morgan fingerprint density at radius 3 is 2.94 bits per heavy atom. The van der Waals surface area contributed by atoms with E-state index in [1.54, 1.807) is 6.07 Å². The van der Waals surface area contributed by atoms with E-state index in [0.717, 1.165) is 18.0 Å². The van der Waals surface area contributed by atoms with Gasteiger partial charge in [0.15, 0.2) is 0 Å². The van der Waals surface area contributed by atoms with Crippen LogP contribution in [0, 0.1) is 17.7 Å². The molecule has 1 fully saturated rings. The molecule has 16 heavy (non-hydrogen) atoms. The largest absolute Gasteiger partial charge is 0.312 e. The van der Waals surface area contributed by atoms with E-state index in [1.165, 1.54) is 25.0 Å². The Hall–Kier alpha value is -0.600. The summed E-state index contributed by atoms with van der Waals surface area (Å²) in [6.45, 7) is 3.89. The molecule has 0 heterocycles. The predicted molar refractivity (Wildman–Crippen MR) is 65.0 cm³/mol. The van der Waals surface area contributed by atoms with E-state index in [2.05, 4.69) is 12.2 Å². The highest BCUT2D eigenvalue weighted by atomic mass is 35.5. The zero-order valence-electron chi connectivity index (χ0n) is 9.47. The van der Waals surface area contributed by atoms with Crippen molar-refractivity contribution in [3.63, 3.8) is 0 Å². The Balaban J connectivity index is 1.81. The fourth-order valence-corrected chi connectivity index (χ4v) is 2.13. The lowest BCUT2D eigenvalue weighted by molar-refractivity contribution is 0.461. The van der Waals surface area contributed by atoms with Crippen molar-refractivity contribution in [1.82, 2.24) is 5.32 Å². The van der Waals surface area contributed by atoms with E-state index in [1.807, 2.05) is 0 Å². The van der Waals surface area contributed by atoms with Gasteiger partial charge in [0.05, 0.1) is 0 Å². The highest BCUT2D eigenvalue weighted by molar-refractivity contribution is 6.31. The first-order chi connectivity index (χ1) is 7.66. The normalized spacial score (nSPS) is 17.4. The summed E-state index contributed by atoms with van der Waals surface area (Å²) in [5.41, 5.74) is 0.838. The van der Waals surface area contributed by atoms with Crippen LogP contribution in [0.25, 0.3) is 0 Å². The van der Waals surface area contributed by atoms with Crippen molar-refractivity contribution in [3.8, 4) is 0 Å². The van der Waals surface area contributed by atoms with Gasteiger partial charge in [-0.05, 0) is 55.0 Å². The van der Waals surface area contributed by atoms with Crippen LogP contribution in [-0.2, 0) is 6.54 Å². The molecule has 0 saturated heterocycles. The molecule has 0 aromatic heterocycles. The number of rotatable bonds is 5. The second kappa shape index (κ2) is 5.15. The van der Waals surface area contributed by atoms with Gasteiger partial charge in [-0.2, -0.15) is 0 Å². The van der Waals surface area contributed by atoms with Crippen molar-refractivity contribution in [1.29, 1.82) is 0 Å². The van der Waals surface area contributed by atoms with Crippen LogP contribution in [0.2, 0.25) is 5.02 Å². The summed E-state index contributed by atoms with van der Waals surface area (Å²) in [6.07, 6.45) is 2.73. The fourth-order valence-electron chi connectivity index (χ4n) is 1.95. The molecule has 1 aromatic carbocycles. The second-order valence-corrected chi connectivity index (χ2v) is 5.09. The SMILES string of the molecule is CC(CNCc1cc(F)ccc1Cl)C1CC1. The Morgan fingerprint density at radius 2 is 2.25 bits per heavy atom. The molecule has 88 valence electrons. The van der Waals surface area contributed by atoms with E-state index >= 15 is 0 Å². The average molecular weight is 242 g/mol. The molecule has 0 spiro atoms. The molecule has 1 aromatic rings. The lowest BCUT2D eigenvalue weighted by Gasteiger charge is -2.12. The molecule has 0 amide bonds. The maximum absolute atomic E-state index is 13.0. The number of halogens is 2. The molecule has 0 aliphatic heterocycles. The summed E-state index contributed by atoms with van der Waals surface area (Å²) < 4.78 is 13.0. The zero-order valence-corrected chi connectivity index (χ0v) is 10.2. The smallest absolute Gasteiger partial charge is 0.123 e. The van der Waals surface area contributed by atoms with Gasteiger partial charge in [-0.25, -0.2) is 4.39 Å². The predicted octanol–water partition coefficient (Wildman–Crippen LogP) is 3.61. The fraction of sp³-hybridized carbons (Fsp3) is 0.538. The van der Waals surface area contributed by atoms with Gasteiger partial charge >= 0.3 is 0 Å². The third-order valence-electron chi connectivity index (χ3n) is 3.22. The van der Waals surface area contributed by atoms with Gasteiger partial charge in [0, 0.05) is 11.6 Å². The Labute approximate surface area is 101 Å². The summed E-state index contributed by atoms with van der Waals surface area (Å²) in [5.74, 6) is 1.39. The Morgan fingerprint density at radius 1 is 1.50 bits per heavy atom. The summed E-state index contributed by atoms with van der Waals surface area (Å²) in [4.78, 5) is 0. The third kappa shape index (κ3) is 3.19. The molecule has 3 heteroatoms. The molecular formula is C13H17ClFN. The van der Waals surface area contributed by atoms with E-state index in [-0.39, 0.29) is 5.82 Å². The maximum atomic E-state index is 13.0. The lowest BCUT2D eigenvalue weighted by atomic mass is 10.1. The van der Waals surface area contributed by atoms with Crippen LogP contribution in [-0.4, -0.2) is 6.54 Å². The van der Waals surface area contributed by atoms with Crippen LogP contribution in [0.15, 0.2) is 18.2 Å². The topological polar surface area (TPSA) is 12.0 Å². The van der Waals surface area contributed by atoms with Crippen molar-refractivity contribution in [3.05, 3.63) is 34.6 Å². The van der Waals surface area contributed by atoms with Crippen molar-refractivity contribution in [2.24, 2.45) is 11.8 Å². The van der Waals surface area contributed by atoms with Crippen LogP contribution in [0.5, 0.6) is 0 Å². The minimum atomic E-state index is -0.226. The highest BCUT2D eigenvalue weighted by Gasteiger charge is 2.27. The van der Waals surface area contributed by atoms with Crippen LogP contribution in [0.1, 0.15) is 25.3 Å². The molecule has 0 radical (unpaired) electrons. The molecule has 1 aliphatic carbocycles. The van der Waals surface area contributed by atoms with Crippen LogP contribution in [0.4, 0.5) is 4.39 Å². The van der Waals surface area contributed by atoms with Crippen LogP contribution in [0.3, 0.4) is 0 Å². The van der Waals surface area contributed by atoms with Gasteiger partial charge in [0.2, 0.25) is 0 Å². The standard InChI is InChI=1S/C13H17ClFN/c1-9(10-2-3-10)7-16-8-11-6-12(15)4-5-13(11)14/h4-6,9-10,16H,2-3,7-8H2,1H3. The molecule has 1 nitrogen and oxygen atoms in total. The minimum absolute atomic E-state index is 0.226. The average Bonchev–Trinajstić information content (AvgIpc) is 3.06. The van der Waals surface area contributed by atoms with Crippen LogP contribution >= 0.6 is 11.6 Å². The van der Waals surface area contributed by atoms with Crippen LogP contribution < -0.4 is 5.32 Å². The van der Waals surface area contributed by atoms with Crippen molar-refractivity contribution in [2.45, 2.75) is 26.3 Å². The second-order valence-electron chi connectivity index (χ2n) is 4.68. The first kappa shape index (κ1) is 11.9. The molecule has 1 unspecified atom stereocenters. The zero-order chi connectivity index (χ0) is 11.5. The van der Waals surface area contributed by atoms with Crippen molar-refractivity contribution >= 4 is 11.6 Å². The van der Waals surface area contributed by atoms with Gasteiger partial charge < -0.3 is 5.32 Å². The number of hydrogen-bond acceptors (Lipinski definition) is 1. The summed E-state index contributed by atoms with van der Waals surface area (Å²) in [6, 6.07) is 4.49. The molecule has 1 aliphatic rings. The Kier molecular flexibility index (Phi) is 3.82. The van der Waals surface area contributed by atoms with E-state index in [0.29, 0.717) is 17.5 Å². The molecule has 1 N–H and O–H groups in total. The van der Waals surface area contributed by atoms with E-state index < -0.39 is 0 Å². The summed E-state index contributed by atoms with van der Waals surface area (Å²) in [5, 5.41) is 3.97. The molecular weight excluding hydrogens is 225 g/mol. The van der Waals surface area contributed by atoms with Gasteiger partial charge in [-0.15, -0.1) is 0 Å². The van der Waals surface area contributed by atoms with Crippen molar-refractivity contribution < 1.29 is 4.39 Å². The van der Waals surface area contributed by atoms with Gasteiger partial charge in [0.25, 0.3) is 0 Å². The first-order valence-corrected chi connectivity index (χ1v) is 6.19. The number of nitrogens with one attached hydrogen (secondary N) is 1. The maximum Gasteiger partial charge on any atom is 0.123 e. The molecule has 0 bridgehead atoms. The Bertz CT molecular complexity index is 363. The molecule has 2 rings (SSSR count). The quantitative estimate of drug-likeness (QED) is 0.831. The number of benzene rings is 1. The summed E-state index contributed by atoms with van der Waals surface area (Å²) in [7, 11) is 0. The third-order valence-corrected chi connectivity index (χ3v) is 3.59. The highest BCUT2D eigenvalue weighted by Crippen LogP contribution is 2.36. The van der Waals surface area contributed by atoms with Gasteiger partial charge in [0.1, 0.15) is 5.82 Å². The van der Waals surface area contributed by atoms with Crippen molar-refractivity contribution in [2.75, 3.05) is 6.54 Å². The monoisotopic (exact) mass is 241 g/mol. The minimum Gasteiger partial charge on any atom is -0.312 e. The lowest BCUT2D eigenvalue weighted by Crippen LogP contribution is -2.22. The van der Waals surface area contributed by atoms with Gasteiger partial charge in [-0.1, -0.05) is 18.5 Å². The number of hydrogen-bond donors (Lipinski definition) is 1. The van der Waals surface area contributed by atoms with E-state index in [9.17, 15) is 4.39 Å². The molecule has 1 atom stereocenters. The van der Waals surface area contributed by atoms with Gasteiger partial charge in [-0.3, -0.25) is 0 Å². The van der Waals surface area contributed by atoms with E-state index in [4.69, 9.17) is 11.6 Å².